The first-order valence-electron chi connectivity index (χ1n) is 10.7. The van der Waals surface area contributed by atoms with Crippen molar-refractivity contribution in [2.75, 3.05) is 41.8 Å². The van der Waals surface area contributed by atoms with Crippen molar-refractivity contribution >= 4 is 45.6 Å². The van der Waals surface area contributed by atoms with Crippen LogP contribution >= 0.6 is 11.6 Å². The molecule has 162 valence electrons. The highest BCUT2D eigenvalue weighted by atomic mass is 35.5. The molecule has 2 aromatic carbocycles. The van der Waals surface area contributed by atoms with Crippen LogP contribution in [0.25, 0.3) is 10.9 Å². The molecule has 0 unspecified atom stereocenters. The van der Waals surface area contributed by atoms with Gasteiger partial charge in [-0.2, -0.15) is 4.98 Å². The van der Waals surface area contributed by atoms with Crippen LogP contribution in [0.2, 0.25) is 5.02 Å². The highest BCUT2D eigenvalue weighted by Gasteiger charge is 2.29. The Labute approximate surface area is 185 Å². The van der Waals surface area contributed by atoms with E-state index in [0.29, 0.717) is 36.8 Å². The number of anilines is 4. The average molecular weight is 442 g/mol. The predicted molar refractivity (Wildman–Crippen MR) is 123 cm³/mol. The van der Waals surface area contributed by atoms with E-state index in [1.807, 2.05) is 0 Å². The minimum absolute atomic E-state index is 0.0560. The van der Waals surface area contributed by atoms with E-state index in [-0.39, 0.29) is 5.02 Å². The second-order valence-corrected chi connectivity index (χ2v) is 8.60. The summed E-state index contributed by atoms with van der Waals surface area (Å²) in [5, 5.41) is 7.84. The van der Waals surface area contributed by atoms with Crippen molar-refractivity contribution in [2.45, 2.75) is 25.8 Å². The lowest BCUT2D eigenvalue weighted by Gasteiger charge is -2.29. The third kappa shape index (κ3) is 4.38. The molecular formula is C23H25ClFN5O. The van der Waals surface area contributed by atoms with E-state index in [2.05, 4.69) is 40.7 Å². The van der Waals surface area contributed by atoms with E-state index in [1.54, 1.807) is 6.07 Å². The number of morpholine rings is 1. The van der Waals surface area contributed by atoms with Crippen LogP contribution in [0, 0.1) is 11.7 Å². The average Bonchev–Trinajstić information content (AvgIpc) is 3.62. The Bertz CT molecular complexity index is 1100. The molecule has 0 spiro atoms. The predicted octanol–water partition coefficient (Wildman–Crippen LogP) is 5.21. The zero-order valence-electron chi connectivity index (χ0n) is 17.4. The van der Waals surface area contributed by atoms with Crippen LogP contribution in [0.4, 0.5) is 27.5 Å². The number of benzene rings is 2. The Morgan fingerprint density at radius 3 is 2.71 bits per heavy atom. The van der Waals surface area contributed by atoms with Crippen LogP contribution in [0.5, 0.6) is 0 Å². The van der Waals surface area contributed by atoms with Gasteiger partial charge in [0.1, 0.15) is 17.2 Å². The molecule has 1 aliphatic heterocycles. The lowest BCUT2D eigenvalue weighted by molar-refractivity contribution is 0.123. The van der Waals surface area contributed by atoms with Crippen LogP contribution in [0.3, 0.4) is 0 Å². The topological polar surface area (TPSA) is 62.3 Å². The molecule has 1 atom stereocenters. The molecule has 5 rings (SSSR count). The number of rotatable bonds is 6. The molecule has 0 bridgehead atoms. The first kappa shape index (κ1) is 20.3. The Balaban J connectivity index is 1.57. The van der Waals surface area contributed by atoms with E-state index < -0.39 is 5.82 Å². The van der Waals surface area contributed by atoms with Crippen LogP contribution in [0.15, 0.2) is 36.4 Å². The van der Waals surface area contributed by atoms with Gasteiger partial charge < -0.3 is 20.3 Å². The van der Waals surface area contributed by atoms with Crippen LogP contribution < -0.4 is 15.5 Å². The Hall–Kier alpha value is -2.64. The summed E-state index contributed by atoms with van der Waals surface area (Å²) in [5.74, 6) is 1.47. The lowest BCUT2D eigenvalue weighted by Crippen LogP contribution is -2.36. The van der Waals surface area contributed by atoms with E-state index in [0.717, 1.165) is 35.5 Å². The molecule has 2 aliphatic rings. The van der Waals surface area contributed by atoms with Crippen molar-refractivity contribution in [3.8, 4) is 0 Å². The maximum Gasteiger partial charge on any atom is 0.229 e. The number of hydrogen-bond donors (Lipinski definition) is 2. The number of fused-ring (bicyclic) bond motifs is 1. The number of para-hydroxylation sites is 1. The Kier molecular flexibility index (Phi) is 5.54. The van der Waals surface area contributed by atoms with Gasteiger partial charge in [0, 0.05) is 30.2 Å². The number of nitrogens with zero attached hydrogens (tertiary/aromatic N) is 3. The lowest BCUT2D eigenvalue weighted by atomic mass is 10.1. The molecule has 6 nitrogen and oxygen atoms in total. The second kappa shape index (κ2) is 8.48. The van der Waals surface area contributed by atoms with E-state index in [1.165, 1.54) is 25.0 Å². The van der Waals surface area contributed by atoms with Crippen LogP contribution in [-0.2, 0) is 4.74 Å². The largest absolute Gasteiger partial charge is 0.378 e. The third-order valence-electron chi connectivity index (χ3n) is 5.93. The molecule has 8 heteroatoms. The van der Waals surface area contributed by atoms with Crippen molar-refractivity contribution < 1.29 is 9.13 Å². The fraction of sp³-hybridized carbons (Fsp3) is 0.391. The number of ether oxygens (including phenoxy) is 1. The summed E-state index contributed by atoms with van der Waals surface area (Å²) in [6.07, 6.45) is 2.49. The number of aromatic nitrogens is 2. The van der Waals surface area contributed by atoms with E-state index in [4.69, 9.17) is 26.3 Å². The fourth-order valence-electron chi connectivity index (χ4n) is 4.00. The van der Waals surface area contributed by atoms with Gasteiger partial charge in [-0.1, -0.05) is 17.7 Å². The summed E-state index contributed by atoms with van der Waals surface area (Å²) >= 11 is 5.96. The monoisotopic (exact) mass is 441 g/mol. The first-order valence-corrected chi connectivity index (χ1v) is 11.1. The molecule has 1 saturated heterocycles. The second-order valence-electron chi connectivity index (χ2n) is 8.19. The number of nitrogens with one attached hydrogen (secondary N) is 2. The SMILES string of the molecule is C[C@@H](Nc1nc(Nc2ccc(F)c(Cl)c2)nc2c(N3CCOCC3)cccc12)C1CC1. The van der Waals surface area contributed by atoms with Crippen LogP contribution in [-0.4, -0.2) is 42.3 Å². The molecule has 2 N–H and O–H groups in total. The summed E-state index contributed by atoms with van der Waals surface area (Å²) in [4.78, 5) is 11.9. The molecule has 1 aromatic heterocycles. The Morgan fingerprint density at radius 2 is 1.97 bits per heavy atom. The molecule has 0 amide bonds. The number of halogens is 2. The van der Waals surface area contributed by atoms with Gasteiger partial charge in [0.05, 0.1) is 23.9 Å². The highest BCUT2D eigenvalue weighted by Crippen LogP contribution is 2.36. The maximum atomic E-state index is 13.6. The van der Waals surface area contributed by atoms with E-state index >= 15 is 0 Å². The zero-order chi connectivity index (χ0) is 21.4. The van der Waals surface area contributed by atoms with Gasteiger partial charge in [-0.15, -0.1) is 0 Å². The molecule has 1 aliphatic carbocycles. The quantitative estimate of drug-likeness (QED) is 0.547. The smallest absolute Gasteiger partial charge is 0.229 e. The maximum absolute atomic E-state index is 13.6. The number of hydrogen-bond acceptors (Lipinski definition) is 6. The summed E-state index contributed by atoms with van der Waals surface area (Å²) in [6.45, 7) is 5.24. The summed E-state index contributed by atoms with van der Waals surface area (Å²) in [5.41, 5.74) is 2.57. The minimum atomic E-state index is -0.457. The molecule has 2 fully saturated rings. The Morgan fingerprint density at radius 1 is 1.16 bits per heavy atom. The van der Waals surface area contributed by atoms with Gasteiger partial charge in [0.15, 0.2) is 0 Å². The van der Waals surface area contributed by atoms with Gasteiger partial charge >= 0.3 is 0 Å². The summed E-state index contributed by atoms with van der Waals surface area (Å²) < 4.78 is 19.1. The van der Waals surface area contributed by atoms with Crippen LogP contribution in [0.1, 0.15) is 19.8 Å². The standard InChI is InChI=1S/C23H25ClFN5O/c1-14(15-5-6-15)26-22-17-3-2-4-20(30-9-11-31-12-10-30)21(17)28-23(29-22)27-16-7-8-19(25)18(24)13-16/h2-4,7-8,13-15H,5-6,9-12H2,1H3,(H2,26,27,28,29)/t14-/m1/s1. The van der Waals surface area contributed by atoms with Crippen molar-refractivity contribution in [2.24, 2.45) is 5.92 Å². The van der Waals surface area contributed by atoms with Gasteiger partial charge in [0.25, 0.3) is 0 Å². The van der Waals surface area contributed by atoms with Crippen molar-refractivity contribution in [3.05, 3.63) is 47.2 Å². The third-order valence-corrected chi connectivity index (χ3v) is 6.22. The normalized spacial score (nSPS) is 17.6. The molecule has 0 radical (unpaired) electrons. The van der Waals surface area contributed by atoms with Gasteiger partial charge in [-0.3, -0.25) is 0 Å². The molecule has 2 heterocycles. The molecule has 3 aromatic rings. The van der Waals surface area contributed by atoms with Crippen molar-refractivity contribution in [1.29, 1.82) is 0 Å². The van der Waals surface area contributed by atoms with Gasteiger partial charge in [-0.25, -0.2) is 9.37 Å². The summed E-state index contributed by atoms with van der Waals surface area (Å²) in [6, 6.07) is 11.0. The molecule has 31 heavy (non-hydrogen) atoms. The highest BCUT2D eigenvalue weighted by molar-refractivity contribution is 6.31. The zero-order valence-corrected chi connectivity index (χ0v) is 18.1. The van der Waals surface area contributed by atoms with Gasteiger partial charge in [0.2, 0.25) is 5.95 Å². The minimum Gasteiger partial charge on any atom is -0.378 e. The van der Waals surface area contributed by atoms with Gasteiger partial charge in [-0.05, 0) is 56.0 Å². The summed E-state index contributed by atoms with van der Waals surface area (Å²) in [7, 11) is 0. The molecule has 1 saturated carbocycles. The van der Waals surface area contributed by atoms with Crippen molar-refractivity contribution in [3.63, 3.8) is 0 Å². The van der Waals surface area contributed by atoms with Crippen molar-refractivity contribution in [1.82, 2.24) is 9.97 Å². The first-order chi connectivity index (χ1) is 15.1. The fourth-order valence-corrected chi connectivity index (χ4v) is 4.18. The van der Waals surface area contributed by atoms with E-state index in [9.17, 15) is 4.39 Å². The molecular weight excluding hydrogens is 417 g/mol.